The molecule has 29 heavy (non-hydrogen) atoms. The average Bonchev–Trinajstić information content (AvgIpc) is 3.09. The predicted octanol–water partition coefficient (Wildman–Crippen LogP) is 4.85. The van der Waals surface area contributed by atoms with Gasteiger partial charge < -0.3 is 5.73 Å². The summed E-state index contributed by atoms with van der Waals surface area (Å²) in [7, 11) is 0. The zero-order chi connectivity index (χ0) is 20.6. The number of rotatable bonds is 4. The Bertz CT molecular complexity index is 872. The Morgan fingerprint density at radius 1 is 1.14 bits per heavy atom. The molecule has 1 fully saturated rings. The first-order chi connectivity index (χ1) is 13.8. The number of nitrogens with zero attached hydrogens (tertiary/aromatic N) is 2. The number of benzene rings is 1. The van der Waals surface area contributed by atoms with Crippen molar-refractivity contribution in [2.45, 2.75) is 70.0 Å². The number of hydrogen-bond acceptors (Lipinski definition) is 2. The van der Waals surface area contributed by atoms with Gasteiger partial charge in [-0.1, -0.05) is 6.07 Å². The summed E-state index contributed by atoms with van der Waals surface area (Å²) in [6.07, 6.45) is 5.96. The Morgan fingerprint density at radius 2 is 1.86 bits per heavy atom. The van der Waals surface area contributed by atoms with Gasteiger partial charge in [0.25, 0.3) is 0 Å². The van der Waals surface area contributed by atoms with Crippen LogP contribution in [0.5, 0.6) is 0 Å². The zero-order valence-electron chi connectivity index (χ0n) is 16.3. The van der Waals surface area contributed by atoms with Gasteiger partial charge in [-0.2, -0.15) is 18.3 Å². The number of primary amides is 1. The van der Waals surface area contributed by atoms with Gasteiger partial charge in [-0.05, 0) is 86.5 Å². The van der Waals surface area contributed by atoms with Gasteiger partial charge in [-0.15, -0.1) is 0 Å². The number of alkyl halides is 3. The molecule has 7 heteroatoms. The smallest absolute Gasteiger partial charge is 0.366 e. The second-order valence-electron chi connectivity index (χ2n) is 8.41. The predicted molar refractivity (Wildman–Crippen MR) is 104 cm³/mol. The van der Waals surface area contributed by atoms with E-state index >= 15 is 0 Å². The van der Waals surface area contributed by atoms with Crippen molar-refractivity contribution >= 4 is 5.91 Å². The van der Waals surface area contributed by atoms with Crippen molar-refractivity contribution < 1.29 is 18.0 Å². The first-order valence-electron chi connectivity index (χ1n) is 10.4. The van der Waals surface area contributed by atoms with E-state index in [2.05, 4.69) is 10.9 Å². The first kappa shape index (κ1) is 20.0. The van der Waals surface area contributed by atoms with Crippen LogP contribution in [0.2, 0.25) is 0 Å². The highest BCUT2D eigenvalue weighted by Crippen LogP contribution is 2.39. The van der Waals surface area contributed by atoms with Crippen molar-refractivity contribution in [2.75, 3.05) is 0 Å². The normalized spacial score (nSPS) is 22.3. The molecular weight excluding hydrogens is 379 g/mol. The van der Waals surface area contributed by atoms with Crippen LogP contribution in [0.25, 0.3) is 0 Å². The maximum Gasteiger partial charge on any atom is 0.416 e. The van der Waals surface area contributed by atoms with E-state index in [4.69, 9.17) is 10.8 Å². The molecule has 0 unspecified atom stereocenters. The average molecular weight is 405 g/mol. The summed E-state index contributed by atoms with van der Waals surface area (Å²) in [4.78, 5) is 11.8. The van der Waals surface area contributed by atoms with Crippen molar-refractivity contribution in [3.8, 4) is 0 Å². The van der Waals surface area contributed by atoms with Crippen molar-refractivity contribution in [3.05, 3.63) is 52.3 Å². The van der Waals surface area contributed by atoms with Crippen molar-refractivity contribution in [1.29, 1.82) is 0 Å². The molecule has 0 spiro atoms. The van der Waals surface area contributed by atoms with Crippen LogP contribution in [-0.2, 0) is 25.6 Å². The lowest BCUT2D eigenvalue weighted by Crippen LogP contribution is -2.22. The minimum absolute atomic E-state index is 0.00280. The summed E-state index contributed by atoms with van der Waals surface area (Å²) in [5, 5.41) is 4.74. The molecule has 156 valence electrons. The number of nitrogens with two attached hydrogens (primary N) is 1. The Morgan fingerprint density at radius 3 is 2.52 bits per heavy atom. The lowest BCUT2D eigenvalue weighted by molar-refractivity contribution is -0.137. The van der Waals surface area contributed by atoms with Crippen molar-refractivity contribution in [1.82, 2.24) is 9.78 Å². The van der Waals surface area contributed by atoms with Gasteiger partial charge in [0.1, 0.15) is 0 Å². The summed E-state index contributed by atoms with van der Waals surface area (Å²) < 4.78 is 41.0. The van der Waals surface area contributed by atoms with Gasteiger partial charge in [0.2, 0.25) is 5.91 Å². The fourth-order valence-electron chi connectivity index (χ4n) is 4.85. The van der Waals surface area contributed by atoms with Gasteiger partial charge in [0.05, 0.1) is 11.3 Å². The maximum atomic E-state index is 13.0. The van der Waals surface area contributed by atoms with Gasteiger partial charge >= 0.3 is 6.18 Å². The molecule has 2 aliphatic carbocycles. The fourth-order valence-corrected chi connectivity index (χ4v) is 4.85. The largest absolute Gasteiger partial charge is 0.416 e. The molecule has 0 bridgehead atoms. The van der Waals surface area contributed by atoms with Gasteiger partial charge in [0.15, 0.2) is 0 Å². The van der Waals surface area contributed by atoms with Crippen molar-refractivity contribution in [3.63, 3.8) is 0 Å². The third-order valence-electron chi connectivity index (χ3n) is 6.41. The summed E-state index contributed by atoms with van der Waals surface area (Å²) in [6.45, 7) is 0.884. The minimum Gasteiger partial charge on any atom is -0.366 e. The highest BCUT2D eigenvalue weighted by Gasteiger charge is 2.33. The number of aryl methyl sites for hydroxylation is 2. The summed E-state index contributed by atoms with van der Waals surface area (Å²) >= 11 is 0. The van der Waals surface area contributed by atoms with Crippen LogP contribution in [-0.4, -0.2) is 15.7 Å². The maximum absolute atomic E-state index is 13.0. The molecular formula is C22H26F3N3O. The quantitative estimate of drug-likeness (QED) is 0.790. The van der Waals surface area contributed by atoms with Crippen LogP contribution in [0.1, 0.15) is 77.2 Å². The number of amides is 1. The molecule has 2 aliphatic rings. The monoisotopic (exact) mass is 405 g/mol. The number of aromatic nitrogens is 2. The third kappa shape index (κ3) is 4.33. The minimum atomic E-state index is -4.48. The summed E-state index contributed by atoms with van der Waals surface area (Å²) in [5.41, 5.74) is 7.83. The van der Waals surface area contributed by atoms with E-state index in [0.29, 0.717) is 11.5 Å². The molecule has 0 atom stereocenters. The van der Waals surface area contributed by atoms with E-state index in [1.807, 2.05) is 0 Å². The standard InChI is InChI=1S/C22H26F3N3O/c23-22(24,25)17-9-10-18(19(11-17)21(26)29)15-7-5-14(6-8-15)12-28-13-16-3-1-2-4-20(16)27-28/h9-11,13-15H,1-8,12H2,(H2,26,29). The van der Waals surface area contributed by atoms with Gasteiger partial charge in [0, 0.05) is 18.3 Å². The zero-order valence-corrected chi connectivity index (χ0v) is 16.3. The molecule has 1 aromatic carbocycles. The van der Waals surface area contributed by atoms with E-state index < -0.39 is 17.6 Å². The van der Waals surface area contributed by atoms with Crippen LogP contribution in [0.15, 0.2) is 24.4 Å². The second-order valence-corrected chi connectivity index (χ2v) is 8.41. The number of hydrogen-bond donors (Lipinski definition) is 1. The molecule has 0 radical (unpaired) electrons. The topological polar surface area (TPSA) is 60.9 Å². The summed E-state index contributed by atoms with van der Waals surface area (Å²) in [5.74, 6) is -0.226. The molecule has 1 heterocycles. The van der Waals surface area contributed by atoms with Crippen LogP contribution >= 0.6 is 0 Å². The number of carbonyl (C=O) groups is 1. The molecule has 0 saturated heterocycles. The van der Waals surface area contributed by atoms with Crippen LogP contribution in [0, 0.1) is 5.92 Å². The molecule has 4 nitrogen and oxygen atoms in total. The van der Waals surface area contributed by atoms with Gasteiger partial charge in [-0.25, -0.2) is 0 Å². The summed E-state index contributed by atoms with van der Waals surface area (Å²) in [6, 6.07) is 3.40. The molecule has 2 N–H and O–H groups in total. The number of fused-ring (bicyclic) bond motifs is 1. The van der Waals surface area contributed by atoms with Crippen LogP contribution in [0.3, 0.4) is 0 Å². The highest BCUT2D eigenvalue weighted by molar-refractivity contribution is 5.94. The van der Waals surface area contributed by atoms with Crippen molar-refractivity contribution in [2.24, 2.45) is 11.7 Å². The lowest BCUT2D eigenvalue weighted by Gasteiger charge is -2.30. The van der Waals surface area contributed by atoms with E-state index in [-0.39, 0.29) is 11.5 Å². The molecule has 1 amide bonds. The number of carbonyl (C=O) groups excluding carboxylic acids is 1. The van der Waals surface area contributed by atoms with E-state index in [1.54, 1.807) is 0 Å². The van der Waals surface area contributed by atoms with Crippen LogP contribution in [0.4, 0.5) is 13.2 Å². The molecule has 2 aromatic rings. The SMILES string of the molecule is NC(=O)c1cc(C(F)(F)F)ccc1C1CCC(Cn2cc3c(n2)CCCC3)CC1. The molecule has 4 rings (SSSR count). The van der Waals surface area contributed by atoms with E-state index in [9.17, 15) is 18.0 Å². The molecule has 1 saturated carbocycles. The number of halogens is 3. The lowest BCUT2D eigenvalue weighted by atomic mass is 9.77. The molecule has 0 aliphatic heterocycles. The van der Waals surface area contributed by atoms with E-state index in [0.717, 1.165) is 57.2 Å². The third-order valence-corrected chi connectivity index (χ3v) is 6.41. The second kappa shape index (κ2) is 7.84. The Hall–Kier alpha value is -2.31. The molecule has 1 aromatic heterocycles. The Balaban J connectivity index is 1.43. The highest BCUT2D eigenvalue weighted by atomic mass is 19.4. The first-order valence-corrected chi connectivity index (χ1v) is 10.4. The van der Waals surface area contributed by atoms with Gasteiger partial charge in [-0.3, -0.25) is 9.48 Å². The Labute approximate surface area is 168 Å². The fraction of sp³-hybridized carbons (Fsp3) is 0.545. The van der Waals surface area contributed by atoms with Crippen LogP contribution < -0.4 is 5.73 Å². The Kier molecular flexibility index (Phi) is 5.40. The van der Waals surface area contributed by atoms with E-state index in [1.165, 1.54) is 30.2 Å².